The van der Waals surface area contributed by atoms with Gasteiger partial charge in [0.05, 0.1) is 18.2 Å². The number of pyridine rings is 1. The molecule has 1 aliphatic heterocycles. The normalized spacial score (nSPS) is 14.5. The van der Waals surface area contributed by atoms with E-state index in [1.807, 2.05) is 60.2 Å². The zero-order chi connectivity index (χ0) is 25.9. The molecule has 8 nitrogen and oxygen atoms in total. The zero-order valence-corrected chi connectivity index (χ0v) is 22.1. The number of fused-ring (bicyclic) bond motifs is 1. The summed E-state index contributed by atoms with van der Waals surface area (Å²) in [6.07, 6.45) is 7.66. The number of nitrogens with one attached hydrogen (secondary N) is 1. The Bertz CT molecular complexity index is 1520. The first-order valence-electron chi connectivity index (χ1n) is 12.6. The van der Waals surface area contributed by atoms with E-state index in [0.717, 1.165) is 70.0 Å². The fourth-order valence-electron chi connectivity index (χ4n) is 4.57. The van der Waals surface area contributed by atoms with Crippen LogP contribution >= 0.6 is 11.3 Å². The number of likely N-dealkylation sites (tertiary alicyclic amines) is 1. The minimum Gasteiger partial charge on any atom is -0.490 e. The van der Waals surface area contributed by atoms with Crippen LogP contribution in [-0.2, 0) is 0 Å². The highest BCUT2D eigenvalue weighted by Gasteiger charge is 2.21. The lowest BCUT2D eigenvalue weighted by atomic mass is 10.1. The molecule has 1 saturated heterocycles. The Balaban J connectivity index is 1.25. The van der Waals surface area contributed by atoms with Crippen LogP contribution in [0.3, 0.4) is 0 Å². The second-order valence-electron chi connectivity index (χ2n) is 9.35. The van der Waals surface area contributed by atoms with Crippen molar-refractivity contribution in [1.82, 2.24) is 24.8 Å². The molecule has 1 aliphatic rings. The van der Waals surface area contributed by atoms with E-state index in [4.69, 9.17) is 14.5 Å². The van der Waals surface area contributed by atoms with E-state index in [9.17, 15) is 0 Å². The highest BCUT2D eigenvalue weighted by Crippen LogP contribution is 2.36. The fraction of sp³-hybridized carbons (Fsp3) is 0.241. The van der Waals surface area contributed by atoms with Gasteiger partial charge in [0.2, 0.25) is 11.8 Å². The van der Waals surface area contributed by atoms with Crippen LogP contribution in [0.4, 0.5) is 11.6 Å². The highest BCUT2D eigenvalue weighted by molar-refractivity contribution is 7.13. The maximum Gasteiger partial charge on any atom is 0.227 e. The van der Waals surface area contributed by atoms with Crippen LogP contribution in [0, 0.1) is 0 Å². The molecule has 0 unspecified atom stereocenters. The van der Waals surface area contributed by atoms with E-state index in [-0.39, 0.29) is 6.10 Å². The number of rotatable bonds is 7. The van der Waals surface area contributed by atoms with Crippen LogP contribution in [0.25, 0.3) is 32.6 Å². The summed E-state index contributed by atoms with van der Waals surface area (Å²) in [4.78, 5) is 20.5. The Morgan fingerprint density at radius 1 is 0.947 bits per heavy atom. The molecule has 4 heterocycles. The molecule has 2 aromatic carbocycles. The molecular formula is C29H28N6O2S. The van der Waals surface area contributed by atoms with E-state index >= 15 is 0 Å². The summed E-state index contributed by atoms with van der Waals surface area (Å²) in [7, 11) is 3.77. The van der Waals surface area contributed by atoms with Gasteiger partial charge in [-0.05, 0) is 49.7 Å². The third-order valence-electron chi connectivity index (χ3n) is 6.72. The molecule has 38 heavy (non-hydrogen) atoms. The quantitative estimate of drug-likeness (QED) is 0.276. The van der Waals surface area contributed by atoms with Gasteiger partial charge in [-0.25, -0.2) is 19.9 Å². The lowest BCUT2D eigenvalue weighted by Crippen LogP contribution is -2.35. The average molecular weight is 525 g/mol. The number of ether oxygens (including phenoxy) is 2. The number of methoxy groups -OCH3 is 1. The molecule has 9 heteroatoms. The molecule has 0 radical (unpaired) electrons. The Hall–Kier alpha value is -4.08. The number of benzene rings is 2. The minimum atomic E-state index is 0.182. The lowest BCUT2D eigenvalue weighted by molar-refractivity contribution is 0.115. The second-order valence-corrected chi connectivity index (χ2v) is 10.2. The van der Waals surface area contributed by atoms with E-state index < -0.39 is 0 Å². The Labute approximate surface area is 225 Å². The van der Waals surface area contributed by atoms with Gasteiger partial charge in [-0.15, -0.1) is 11.3 Å². The van der Waals surface area contributed by atoms with Crippen molar-refractivity contribution < 1.29 is 9.47 Å². The summed E-state index contributed by atoms with van der Waals surface area (Å²) < 4.78 is 11.7. The van der Waals surface area contributed by atoms with E-state index in [0.29, 0.717) is 11.8 Å². The van der Waals surface area contributed by atoms with E-state index in [1.54, 1.807) is 24.6 Å². The molecule has 0 aliphatic carbocycles. The average Bonchev–Trinajstić information content (AvgIpc) is 3.49. The predicted octanol–water partition coefficient (Wildman–Crippen LogP) is 6.04. The van der Waals surface area contributed by atoms with Gasteiger partial charge in [-0.3, -0.25) is 0 Å². The van der Waals surface area contributed by atoms with Crippen LogP contribution in [0.1, 0.15) is 12.8 Å². The number of hydrogen-bond donors (Lipinski definition) is 1. The smallest absolute Gasteiger partial charge is 0.227 e. The van der Waals surface area contributed by atoms with Crippen molar-refractivity contribution >= 4 is 33.9 Å². The topological polar surface area (TPSA) is 85.3 Å². The van der Waals surface area contributed by atoms with Crippen LogP contribution in [0.5, 0.6) is 11.6 Å². The van der Waals surface area contributed by atoms with Gasteiger partial charge in [0.25, 0.3) is 0 Å². The number of hydrogen-bond acceptors (Lipinski definition) is 9. The molecule has 0 saturated carbocycles. The second kappa shape index (κ2) is 10.7. The minimum absolute atomic E-state index is 0.182. The monoisotopic (exact) mass is 524 g/mol. The Morgan fingerprint density at radius 2 is 1.76 bits per heavy atom. The number of aromatic nitrogens is 4. The van der Waals surface area contributed by atoms with Crippen molar-refractivity contribution in [3.63, 3.8) is 0 Å². The maximum absolute atomic E-state index is 6.54. The Morgan fingerprint density at radius 3 is 2.47 bits per heavy atom. The highest BCUT2D eigenvalue weighted by atomic mass is 32.1. The predicted molar refractivity (Wildman–Crippen MR) is 151 cm³/mol. The maximum atomic E-state index is 6.54. The van der Waals surface area contributed by atoms with Crippen molar-refractivity contribution in [3.05, 3.63) is 72.5 Å². The zero-order valence-electron chi connectivity index (χ0n) is 21.3. The molecule has 1 N–H and O–H groups in total. The molecule has 0 amide bonds. The van der Waals surface area contributed by atoms with Gasteiger partial charge in [0, 0.05) is 65.8 Å². The lowest BCUT2D eigenvalue weighted by Gasteiger charge is -2.29. The van der Waals surface area contributed by atoms with Gasteiger partial charge in [0.15, 0.2) is 0 Å². The van der Waals surface area contributed by atoms with Crippen molar-refractivity contribution in [2.24, 2.45) is 0 Å². The van der Waals surface area contributed by atoms with Crippen molar-refractivity contribution in [3.8, 4) is 33.3 Å². The summed E-state index contributed by atoms with van der Waals surface area (Å²) in [6, 6.07) is 16.1. The molecule has 0 spiro atoms. The van der Waals surface area contributed by atoms with Crippen LogP contribution in [0.15, 0.2) is 72.5 Å². The summed E-state index contributed by atoms with van der Waals surface area (Å²) in [5, 5.41) is 7.19. The number of anilines is 2. The Kier molecular flexibility index (Phi) is 6.85. The molecule has 6 rings (SSSR count). The first-order chi connectivity index (χ1) is 18.6. The third kappa shape index (κ3) is 5.29. The van der Waals surface area contributed by atoms with Crippen molar-refractivity contribution in [1.29, 1.82) is 0 Å². The fourth-order valence-corrected chi connectivity index (χ4v) is 5.23. The molecule has 0 atom stereocenters. The van der Waals surface area contributed by atoms with Gasteiger partial charge in [-0.1, -0.05) is 12.1 Å². The molecule has 5 aromatic rings. The third-order valence-corrected chi connectivity index (χ3v) is 7.53. The summed E-state index contributed by atoms with van der Waals surface area (Å²) in [6.45, 7) is 2.07. The number of thiazole rings is 1. The number of piperidine rings is 1. The van der Waals surface area contributed by atoms with Crippen LogP contribution in [0.2, 0.25) is 0 Å². The summed E-state index contributed by atoms with van der Waals surface area (Å²) in [5.41, 5.74) is 4.80. The van der Waals surface area contributed by atoms with E-state index in [1.165, 1.54) is 0 Å². The molecule has 192 valence electrons. The number of nitrogens with zero attached hydrogens (tertiary/aromatic N) is 5. The van der Waals surface area contributed by atoms with Gasteiger partial charge < -0.3 is 19.7 Å². The van der Waals surface area contributed by atoms with Crippen molar-refractivity contribution in [2.45, 2.75) is 18.9 Å². The van der Waals surface area contributed by atoms with Gasteiger partial charge in [-0.2, -0.15) is 0 Å². The molecule has 3 aromatic heterocycles. The van der Waals surface area contributed by atoms with Crippen LogP contribution < -0.4 is 14.8 Å². The first kappa shape index (κ1) is 24.3. The van der Waals surface area contributed by atoms with E-state index in [2.05, 4.69) is 38.3 Å². The largest absolute Gasteiger partial charge is 0.490 e. The van der Waals surface area contributed by atoms with Crippen LogP contribution in [-0.4, -0.2) is 58.2 Å². The van der Waals surface area contributed by atoms with Gasteiger partial charge in [0.1, 0.15) is 16.9 Å². The standard InChI is InChI=1S/C29H28N6O2S/c1-35-12-9-23(10-13-35)37-26-16-25-21(15-24(26)28-30-11-14-38-28)18-32-29(34-25)33-22-6-3-19(4-7-22)20-5-8-27(36-2)31-17-20/h3-8,11,14-18,23H,9-10,12-13H2,1-2H3,(H,32,33,34). The molecule has 1 fully saturated rings. The SMILES string of the molecule is COc1ccc(-c2ccc(Nc3ncc4cc(-c5nccs5)c(OC5CCN(C)CC5)cc4n3)cc2)cn1. The molecule has 0 bridgehead atoms. The summed E-state index contributed by atoms with van der Waals surface area (Å²) >= 11 is 1.60. The molecular weight excluding hydrogens is 496 g/mol. The van der Waals surface area contributed by atoms with Gasteiger partial charge >= 0.3 is 0 Å². The first-order valence-corrected chi connectivity index (χ1v) is 13.5. The summed E-state index contributed by atoms with van der Waals surface area (Å²) in [5.74, 6) is 1.95. The van der Waals surface area contributed by atoms with Crippen molar-refractivity contribution in [2.75, 3.05) is 32.6 Å².